The Morgan fingerprint density at radius 2 is 2.06 bits per heavy atom. The molecule has 0 aromatic heterocycles. The SMILES string of the molecule is NC1CCC(CC(=O)N2CCNC(=O)C2)CC1. The Hall–Kier alpha value is -1.10. The van der Waals surface area contributed by atoms with E-state index in [1.807, 2.05) is 0 Å². The Morgan fingerprint density at radius 1 is 1.35 bits per heavy atom. The summed E-state index contributed by atoms with van der Waals surface area (Å²) in [4.78, 5) is 24.9. The number of amides is 2. The normalized spacial score (nSPS) is 29.9. The molecule has 1 aliphatic carbocycles. The fourth-order valence-electron chi connectivity index (χ4n) is 2.62. The van der Waals surface area contributed by atoms with Gasteiger partial charge in [0.05, 0.1) is 6.54 Å². The maximum absolute atomic E-state index is 12.0. The second-order valence-corrected chi connectivity index (χ2v) is 5.15. The third-order valence-corrected chi connectivity index (χ3v) is 3.75. The molecule has 17 heavy (non-hydrogen) atoms. The lowest BCUT2D eigenvalue weighted by molar-refractivity contribution is -0.139. The highest BCUT2D eigenvalue weighted by Crippen LogP contribution is 2.26. The van der Waals surface area contributed by atoms with Crippen molar-refractivity contribution in [3.8, 4) is 0 Å². The smallest absolute Gasteiger partial charge is 0.239 e. The van der Waals surface area contributed by atoms with Crippen molar-refractivity contribution in [2.24, 2.45) is 11.7 Å². The summed E-state index contributed by atoms with van der Waals surface area (Å²) in [7, 11) is 0. The zero-order valence-corrected chi connectivity index (χ0v) is 10.2. The van der Waals surface area contributed by atoms with Gasteiger partial charge in [-0.2, -0.15) is 0 Å². The van der Waals surface area contributed by atoms with Gasteiger partial charge in [-0.15, -0.1) is 0 Å². The molecule has 0 bridgehead atoms. The van der Waals surface area contributed by atoms with Crippen molar-refractivity contribution in [3.63, 3.8) is 0 Å². The molecule has 5 heteroatoms. The topological polar surface area (TPSA) is 75.4 Å². The van der Waals surface area contributed by atoms with E-state index in [-0.39, 0.29) is 18.4 Å². The van der Waals surface area contributed by atoms with Gasteiger partial charge in [0, 0.05) is 25.6 Å². The van der Waals surface area contributed by atoms with Gasteiger partial charge in [-0.05, 0) is 31.6 Å². The molecule has 5 nitrogen and oxygen atoms in total. The van der Waals surface area contributed by atoms with Crippen molar-refractivity contribution < 1.29 is 9.59 Å². The molecule has 2 amide bonds. The van der Waals surface area contributed by atoms with Crippen LogP contribution in [-0.4, -0.2) is 42.4 Å². The van der Waals surface area contributed by atoms with Gasteiger partial charge in [-0.25, -0.2) is 0 Å². The first-order valence-electron chi connectivity index (χ1n) is 6.45. The Balaban J connectivity index is 1.78. The van der Waals surface area contributed by atoms with E-state index in [1.165, 1.54) is 0 Å². The summed E-state index contributed by atoms with van der Waals surface area (Å²) < 4.78 is 0. The number of hydrogen-bond donors (Lipinski definition) is 2. The number of rotatable bonds is 2. The van der Waals surface area contributed by atoms with Crippen LogP contribution in [0.15, 0.2) is 0 Å². The van der Waals surface area contributed by atoms with Gasteiger partial charge in [-0.1, -0.05) is 0 Å². The lowest BCUT2D eigenvalue weighted by atomic mass is 9.84. The molecule has 1 saturated heterocycles. The highest BCUT2D eigenvalue weighted by molar-refractivity contribution is 5.85. The van der Waals surface area contributed by atoms with Crippen LogP contribution in [0.1, 0.15) is 32.1 Å². The molecule has 1 saturated carbocycles. The van der Waals surface area contributed by atoms with Gasteiger partial charge in [0.25, 0.3) is 0 Å². The zero-order valence-electron chi connectivity index (χ0n) is 10.2. The quantitative estimate of drug-likeness (QED) is 0.704. The molecular weight excluding hydrogens is 218 g/mol. The third-order valence-electron chi connectivity index (χ3n) is 3.75. The molecule has 2 fully saturated rings. The summed E-state index contributed by atoms with van der Waals surface area (Å²) in [6.07, 6.45) is 4.73. The third kappa shape index (κ3) is 3.43. The first-order valence-corrected chi connectivity index (χ1v) is 6.45. The number of piperazine rings is 1. The molecule has 1 aliphatic heterocycles. The van der Waals surface area contributed by atoms with Crippen molar-refractivity contribution in [2.45, 2.75) is 38.1 Å². The van der Waals surface area contributed by atoms with Crippen LogP contribution in [0, 0.1) is 5.92 Å². The monoisotopic (exact) mass is 239 g/mol. The van der Waals surface area contributed by atoms with Gasteiger partial charge in [0.2, 0.25) is 11.8 Å². The molecular formula is C12H21N3O2. The van der Waals surface area contributed by atoms with Gasteiger partial charge in [-0.3, -0.25) is 9.59 Å². The molecule has 96 valence electrons. The number of carbonyl (C=O) groups excluding carboxylic acids is 2. The van der Waals surface area contributed by atoms with Crippen molar-refractivity contribution >= 4 is 11.8 Å². The summed E-state index contributed by atoms with van der Waals surface area (Å²) in [5.41, 5.74) is 5.84. The first-order chi connectivity index (χ1) is 8.15. The molecule has 2 aliphatic rings. The van der Waals surface area contributed by atoms with Crippen LogP contribution in [0.5, 0.6) is 0 Å². The number of nitrogens with zero attached hydrogens (tertiary/aromatic N) is 1. The summed E-state index contributed by atoms with van der Waals surface area (Å²) in [5, 5.41) is 2.73. The van der Waals surface area contributed by atoms with E-state index in [2.05, 4.69) is 5.32 Å². The molecule has 0 spiro atoms. The average molecular weight is 239 g/mol. The van der Waals surface area contributed by atoms with Crippen LogP contribution >= 0.6 is 0 Å². The second kappa shape index (κ2) is 5.49. The minimum atomic E-state index is -0.0460. The van der Waals surface area contributed by atoms with Gasteiger partial charge < -0.3 is 16.0 Å². The zero-order chi connectivity index (χ0) is 12.3. The van der Waals surface area contributed by atoms with Crippen LogP contribution in [-0.2, 0) is 9.59 Å². The lowest BCUT2D eigenvalue weighted by Crippen LogP contribution is -2.50. The van der Waals surface area contributed by atoms with Gasteiger partial charge in [0.1, 0.15) is 0 Å². The minimum Gasteiger partial charge on any atom is -0.353 e. The van der Waals surface area contributed by atoms with Crippen molar-refractivity contribution in [1.82, 2.24) is 10.2 Å². The number of nitrogens with two attached hydrogens (primary N) is 1. The molecule has 0 aromatic carbocycles. The number of nitrogens with one attached hydrogen (secondary N) is 1. The largest absolute Gasteiger partial charge is 0.353 e. The molecule has 3 N–H and O–H groups in total. The van der Waals surface area contributed by atoms with E-state index in [9.17, 15) is 9.59 Å². The lowest BCUT2D eigenvalue weighted by Gasteiger charge is -2.30. The van der Waals surface area contributed by atoms with Crippen LogP contribution in [0.4, 0.5) is 0 Å². The standard InChI is InChI=1S/C12H21N3O2/c13-10-3-1-9(2-4-10)7-12(17)15-6-5-14-11(16)8-15/h9-10H,1-8,13H2,(H,14,16). The van der Waals surface area contributed by atoms with E-state index in [1.54, 1.807) is 4.90 Å². The second-order valence-electron chi connectivity index (χ2n) is 5.15. The Kier molecular flexibility index (Phi) is 3.99. The molecule has 0 aromatic rings. The van der Waals surface area contributed by atoms with Crippen molar-refractivity contribution in [3.05, 3.63) is 0 Å². The van der Waals surface area contributed by atoms with E-state index in [4.69, 9.17) is 5.73 Å². The average Bonchev–Trinajstić information content (AvgIpc) is 2.32. The first kappa shape index (κ1) is 12.4. The predicted octanol–water partition coefficient (Wildman–Crippen LogP) is -0.148. The minimum absolute atomic E-state index is 0.0460. The van der Waals surface area contributed by atoms with Crippen LogP contribution < -0.4 is 11.1 Å². The summed E-state index contributed by atoms with van der Waals surface area (Å²) in [6.45, 7) is 1.46. The fourth-order valence-corrected chi connectivity index (χ4v) is 2.62. The highest BCUT2D eigenvalue weighted by Gasteiger charge is 2.25. The van der Waals surface area contributed by atoms with E-state index in [0.29, 0.717) is 31.5 Å². The fraction of sp³-hybridized carbons (Fsp3) is 0.833. The number of hydrogen-bond acceptors (Lipinski definition) is 3. The molecule has 0 unspecified atom stereocenters. The molecule has 2 rings (SSSR count). The predicted molar refractivity (Wildman–Crippen MR) is 64.1 cm³/mol. The van der Waals surface area contributed by atoms with Crippen molar-refractivity contribution in [2.75, 3.05) is 19.6 Å². The van der Waals surface area contributed by atoms with Crippen molar-refractivity contribution in [1.29, 1.82) is 0 Å². The molecule has 0 atom stereocenters. The summed E-state index contributed by atoms with van der Waals surface area (Å²) in [5.74, 6) is 0.544. The highest BCUT2D eigenvalue weighted by atomic mass is 16.2. The Labute approximate surface area is 102 Å². The Morgan fingerprint density at radius 3 is 2.71 bits per heavy atom. The summed E-state index contributed by atoms with van der Waals surface area (Å²) >= 11 is 0. The molecule has 0 radical (unpaired) electrons. The maximum atomic E-state index is 12.0. The Bertz CT molecular complexity index is 298. The molecule has 1 heterocycles. The van der Waals surface area contributed by atoms with Crippen LogP contribution in [0.3, 0.4) is 0 Å². The van der Waals surface area contributed by atoms with E-state index < -0.39 is 0 Å². The summed E-state index contributed by atoms with van der Waals surface area (Å²) in [6, 6.07) is 0.321. The maximum Gasteiger partial charge on any atom is 0.239 e. The van der Waals surface area contributed by atoms with Gasteiger partial charge >= 0.3 is 0 Å². The van der Waals surface area contributed by atoms with E-state index >= 15 is 0 Å². The van der Waals surface area contributed by atoms with Gasteiger partial charge in [0.15, 0.2) is 0 Å². The van der Waals surface area contributed by atoms with Crippen LogP contribution in [0.2, 0.25) is 0 Å². The van der Waals surface area contributed by atoms with E-state index in [0.717, 1.165) is 25.7 Å². The van der Waals surface area contributed by atoms with Crippen LogP contribution in [0.25, 0.3) is 0 Å². The number of carbonyl (C=O) groups is 2.